The van der Waals surface area contributed by atoms with Gasteiger partial charge in [0.05, 0.1) is 0 Å². The quantitative estimate of drug-likeness (QED) is 0.379. The van der Waals surface area contributed by atoms with Gasteiger partial charge >= 0.3 is 0 Å². The Morgan fingerprint density at radius 3 is 2.30 bits per heavy atom. The summed E-state index contributed by atoms with van der Waals surface area (Å²) >= 11 is 0. The molecule has 2 N–H and O–H groups in total. The highest BCUT2D eigenvalue weighted by Gasteiger charge is 2.24. The molecule has 2 aromatic rings. The number of hydrogen-bond acceptors (Lipinski definition) is 3. The van der Waals surface area contributed by atoms with Gasteiger partial charge in [0.25, 0.3) is 0 Å². The number of ketones is 1. The number of ether oxygens (including phenoxy) is 1. The predicted octanol–water partition coefficient (Wildman–Crippen LogP) is 5.71. The van der Waals surface area contributed by atoms with Gasteiger partial charge in [-0.1, -0.05) is 43.5 Å². The smallest absolute Gasteiger partial charge is 0.206 e. The van der Waals surface area contributed by atoms with Gasteiger partial charge in [0, 0.05) is 12.1 Å². The highest BCUT2D eigenvalue weighted by molar-refractivity contribution is 5.77. The first-order valence-electron chi connectivity index (χ1n) is 9.99. The van der Waals surface area contributed by atoms with Crippen LogP contribution in [0.5, 0.6) is 5.75 Å². The molecule has 2 aromatic carbocycles. The fourth-order valence-electron chi connectivity index (χ4n) is 3.43. The minimum absolute atomic E-state index is 0.499. The van der Waals surface area contributed by atoms with Crippen molar-refractivity contribution in [2.75, 3.05) is 6.61 Å². The monoisotopic (exact) mass is 425 g/mol. The lowest BCUT2D eigenvalue weighted by Gasteiger charge is -2.22. The lowest BCUT2D eigenvalue weighted by Crippen LogP contribution is -2.11. The normalized spacial score (nSPS) is 14.1. The highest BCUT2D eigenvalue weighted by atomic mass is 19.2. The summed E-state index contributed by atoms with van der Waals surface area (Å²) in [6.07, 6.45) is 6.96. The van der Waals surface area contributed by atoms with Crippen LogP contribution in [0.3, 0.4) is 0 Å². The van der Waals surface area contributed by atoms with E-state index in [0.717, 1.165) is 19.8 Å². The second-order valence-electron chi connectivity index (χ2n) is 7.48. The molecule has 1 aliphatic rings. The first-order chi connectivity index (χ1) is 14.3. The molecule has 30 heavy (non-hydrogen) atoms. The Kier molecular flexibility index (Phi) is 8.84. The van der Waals surface area contributed by atoms with Gasteiger partial charge in [0.15, 0.2) is 29.0 Å². The van der Waals surface area contributed by atoms with E-state index < -0.39 is 47.0 Å². The molecule has 0 radical (unpaired) electrons. The third-order valence-corrected chi connectivity index (χ3v) is 5.13. The van der Waals surface area contributed by atoms with Crippen LogP contribution in [-0.2, 0) is 11.3 Å². The van der Waals surface area contributed by atoms with E-state index >= 15 is 0 Å². The summed E-state index contributed by atoms with van der Waals surface area (Å²) in [5.74, 6) is -7.33. The number of carbonyl (C=O) groups is 1. The zero-order chi connectivity index (χ0) is 22.3. The zero-order valence-corrected chi connectivity index (χ0v) is 17.2. The van der Waals surface area contributed by atoms with Gasteiger partial charge in [-0.25, -0.2) is 13.2 Å². The molecule has 0 atom stereocenters. The zero-order valence-electron chi connectivity index (χ0n) is 17.2. The Hall–Kier alpha value is -2.41. The maximum Gasteiger partial charge on any atom is 0.206 e. The number of halogens is 4. The predicted molar refractivity (Wildman–Crippen MR) is 107 cm³/mol. The molecule has 1 fully saturated rings. The highest BCUT2D eigenvalue weighted by Crippen LogP contribution is 2.33. The van der Waals surface area contributed by atoms with E-state index in [9.17, 15) is 22.4 Å². The molecule has 0 amide bonds. The van der Waals surface area contributed by atoms with Crippen LogP contribution in [0.1, 0.15) is 61.6 Å². The number of rotatable bonds is 5. The van der Waals surface area contributed by atoms with Gasteiger partial charge in [-0.15, -0.1) is 0 Å². The largest absolute Gasteiger partial charge is 0.480 e. The molecule has 7 heteroatoms. The average Bonchev–Trinajstić information content (AvgIpc) is 2.77. The van der Waals surface area contributed by atoms with Gasteiger partial charge in [0.2, 0.25) is 5.82 Å². The molecule has 3 rings (SSSR count). The van der Waals surface area contributed by atoms with Crippen molar-refractivity contribution in [1.29, 1.82) is 0 Å². The molecule has 1 aliphatic carbocycles. The lowest BCUT2D eigenvalue weighted by atomic mass is 9.84. The summed E-state index contributed by atoms with van der Waals surface area (Å²) in [4.78, 5) is 10.5. The topological polar surface area (TPSA) is 52.3 Å². The molecular formula is C23H27F4NO2. The summed E-state index contributed by atoms with van der Waals surface area (Å²) in [6.45, 7) is 2.12. The molecule has 3 nitrogen and oxygen atoms in total. The van der Waals surface area contributed by atoms with Crippen molar-refractivity contribution in [3.05, 3.63) is 64.2 Å². The molecule has 164 valence electrons. The van der Waals surface area contributed by atoms with Gasteiger partial charge in [-0.2, -0.15) is 4.39 Å². The SMILES string of the molecule is CC(=O)COc1c(F)c(C)c(F)c(F)c1F.NCc1cccc(C2CCCCC2)c1. The van der Waals surface area contributed by atoms with Crippen LogP contribution >= 0.6 is 0 Å². The second-order valence-corrected chi connectivity index (χ2v) is 7.48. The van der Waals surface area contributed by atoms with Crippen molar-refractivity contribution in [3.63, 3.8) is 0 Å². The molecule has 0 heterocycles. The van der Waals surface area contributed by atoms with Gasteiger partial charge in [-0.05, 0) is 43.7 Å². The molecule has 0 aromatic heterocycles. The summed E-state index contributed by atoms with van der Waals surface area (Å²) < 4.78 is 56.5. The van der Waals surface area contributed by atoms with E-state index in [0.29, 0.717) is 6.54 Å². The van der Waals surface area contributed by atoms with Crippen molar-refractivity contribution < 1.29 is 27.1 Å². The van der Waals surface area contributed by atoms with E-state index in [1.165, 1.54) is 43.2 Å². The second kappa shape index (κ2) is 11.1. The third-order valence-electron chi connectivity index (χ3n) is 5.13. The van der Waals surface area contributed by atoms with Crippen molar-refractivity contribution >= 4 is 5.78 Å². The first kappa shape index (κ1) is 23.9. The Morgan fingerprint density at radius 1 is 1.03 bits per heavy atom. The maximum atomic E-state index is 13.3. The molecule has 0 saturated heterocycles. The Morgan fingerprint density at radius 2 is 1.70 bits per heavy atom. The molecule has 0 bridgehead atoms. The number of carbonyl (C=O) groups excluding carboxylic acids is 1. The van der Waals surface area contributed by atoms with Crippen LogP contribution in [0.2, 0.25) is 0 Å². The van der Waals surface area contributed by atoms with Crippen molar-refractivity contribution in [3.8, 4) is 5.75 Å². The lowest BCUT2D eigenvalue weighted by molar-refractivity contribution is -0.119. The molecule has 0 spiro atoms. The first-order valence-corrected chi connectivity index (χ1v) is 9.99. The number of nitrogens with two attached hydrogens (primary N) is 1. The van der Waals surface area contributed by atoms with E-state index in [1.807, 2.05) is 0 Å². The summed E-state index contributed by atoms with van der Waals surface area (Å²) in [6, 6.07) is 8.81. The Labute approximate surface area is 174 Å². The standard InChI is InChI=1S/C13H19N.C10H8F4O2/c14-10-11-5-4-8-13(9-11)12-6-2-1-3-7-12;1-4(15)3-16-10-7(12)5(2)6(11)8(13)9(10)14/h4-5,8-9,12H,1-3,6-7,10,14H2;3H2,1-2H3. The third kappa shape index (κ3) is 6.05. The van der Waals surface area contributed by atoms with Crippen LogP contribution in [0.25, 0.3) is 0 Å². The van der Waals surface area contributed by atoms with E-state index in [-0.39, 0.29) is 0 Å². The number of benzene rings is 2. The fraction of sp³-hybridized carbons (Fsp3) is 0.435. The van der Waals surface area contributed by atoms with Crippen LogP contribution in [0.15, 0.2) is 24.3 Å². The van der Waals surface area contributed by atoms with Gasteiger partial charge in [0.1, 0.15) is 6.61 Å². The van der Waals surface area contributed by atoms with Gasteiger partial charge < -0.3 is 10.5 Å². The van der Waals surface area contributed by atoms with E-state index in [4.69, 9.17) is 5.73 Å². The van der Waals surface area contributed by atoms with Crippen LogP contribution < -0.4 is 10.5 Å². The maximum absolute atomic E-state index is 13.3. The Bertz CT molecular complexity index is 851. The number of hydrogen-bond donors (Lipinski definition) is 1. The van der Waals surface area contributed by atoms with E-state index in [2.05, 4.69) is 29.0 Å². The summed E-state index contributed by atoms with van der Waals surface area (Å²) in [5.41, 5.74) is 7.73. The summed E-state index contributed by atoms with van der Waals surface area (Å²) in [5, 5.41) is 0. The van der Waals surface area contributed by atoms with Gasteiger partial charge in [-0.3, -0.25) is 4.79 Å². The Balaban J connectivity index is 0.000000215. The van der Waals surface area contributed by atoms with Crippen LogP contribution in [0, 0.1) is 30.2 Å². The van der Waals surface area contributed by atoms with E-state index in [1.54, 1.807) is 0 Å². The van der Waals surface area contributed by atoms with Crippen molar-refractivity contribution in [2.24, 2.45) is 5.73 Å². The minimum atomic E-state index is -1.82. The number of Topliss-reactive ketones (excluding diaryl/α,β-unsaturated/α-hetero) is 1. The van der Waals surface area contributed by atoms with Crippen LogP contribution in [-0.4, -0.2) is 12.4 Å². The summed E-state index contributed by atoms with van der Waals surface area (Å²) in [7, 11) is 0. The molecule has 0 aliphatic heterocycles. The average molecular weight is 425 g/mol. The van der Waals surface area contributed by atoms with Crippen molar-refractivity contribution in [1.82, 2.24) is 0 Å². The molecular weight excluding hydrogens is 398 g/mol. The fourth-order valence-corrected chi connectivity index (χ4v) is 3.43. The van der Waals surface area contributed by atoms with Crippen molar-refractivity contribution in [2.45, 2.75) is 58.4 Å². The minimum Gasteiger partial charge on any atom is -0.480 e. The van der Waals surface area contributed by atoms with Crippen LogP contribution in [0.4, 0.5) is 17.6 Å². The molecule has 0 unspecified atom stereocenters. The molecule has 1 saturated carbocycles.